The number of alkyl halides is 2. The molecule has 2 heterocycles. The largest absolute Gasteiger partial charge is 0.494 e. The zero-order valence-corrected chi connectivity index (χ0v) is 15.4. The Kier molecular flexibility index (Phi) is 4.86. The van der Waals surface area contributed by atoms with Gasteiger partial charge in [-0.3, -0.25) is 4.90 Å². The summed E-state index contributed by atoms with van der Waals surface area (Å²) in [6.07, 6.45) is -0.0651. The minimum atomic E-state index is -2.56. The highest BCUT2D eigenvalue weighted by Crippen LogP contribution is 2.36. The Morgan fingerprint density at radius 3 is 2.44 bits per heavy atom. The number of ether oxygens (including phenoxy) is 1. The van der Waals surface area contributed by atoms with Crippen molar-refractivity contribution in [1.29, 1.82) is 0 Å². The van der Waals surface area contributed by atoms with Crippen molar-refractivity contribution in [1.82, 2.24) is 4.90 Å². The first-order chi connectivity index (χ1) is 11.6. The molecule has 0 amide bonds. The summed E-state index contributed by atoms with van der Waals surface area (Å²) < 4.78 is 44.2. The minimum absolute atomic E-state index is 0.0651. The Labute approximate surface area is 148 Å². The summed E-state index contributed by atoms with van der Waals surface area (Å²) in [5.74, 6) is -1.87. The average molecular weight is 353 g/mol. The third-order valence-electron chi connectivity index (χ3n) is 5.31. The normalized spacial score (nSPS) is 24.6. The molecule has 138 valence electrons. The Bertz CT molecular complexity index is 608. The van der Waals surface area contributed by atoms with Crippen molar-refractivity contribution in [3.8, 4) is 5.75 Å². The molecule has 0 saturated carbocycles. The van der Waals surface area contributed by atoms with Gasteiger partial charge in [0.1, 0.15) is 12.4 Å². The van der Waals surface area contributed by atoms with Crippen LogP contribution < -0.4 is 10.2 Å². The molecule has 3 rings (SSSR count). The fourth-order valence-electron chi connectivity index (χ4n) is 3.02. The molecule has 2 aliphatic rings. The molecular formula is C18H26BF2NO3. The summed E-state index contributed by atoms with van der Waals surface area (Å²) in [6.45, 7) is 9.17. The maximum absolute atomic E-state index is 13.2. The molecule has 0 unspecified atom stereocenters. The molecule has 0 N–H and O–H groups in total. The van der Waals surface area contributed by atoms with Crippen LogP contribution in [0.4, 0.5) is 8.78 Å². The predicted octanol–water partition coefficient (Wildman–Crippen LogP) is 2.71. The van der Waals surface area contributed by atoms with E-state index in [1.165, 1.54) is 0 Å². The van der Waals surface area contributed by atoms with Gasteiger partial charge in [-0.15, -0.1) is 0 Å². The van der Waals surface area contributed by atoms with Crippen molar-refractivity contribution >= 4 is 12.6 Å². The Morgan fingerprint density at radius 1 is 1.16 bits per heavy atom. The summed E-state index contributed by atoms with van der Waals surface area (Å²) in [6, 6.07) is 7.57. The summed E-state index contributed by atoms with van der Waals surface area (Å²) in [5, 5.41) is 0. The highest BCUT2D eigenvalue weighted by Gasteiger charge is 2.51. The van der Waals surface area contributed by atoms with Crippen molar-refractivity contribution in [3.63, 3.8) is 0 Å². The highest BCUT2D eigenvalue weighted by atomic mass is 19.3. The van der Waals surface area contributed by atoms with Crippen molar-refractivity contribution in [3.05, 3.63) is 24.3 Å². The molecule has 0 radical (unpaired) electrons. The van der Waals surface area contributed by atoms with Crippen LogP contribution in [-0.2, 0) is 9.31 Å². The molecule has 1 aromatic carbocycles. The molecule has 1 aromatic rings. The summed E-state index contributed by atoms with van der Waals surface area (Å²) in [7, 11) is -0.439. The number of hydrogen-bond donors (Lipinski definition) is 0. The fourth-order valence-corrected chi connectivity index (χ4v) is 3.02. The Balaban J connectivity index is 1.56. The third kappa shape index (κ3) is 4.15. The second-order valence-electron chi connectivity index (χ2n) is 7.89. The maximum Gasteiger partial charge on any atom is 0.494 e. The topological polar surface area (TPSA) is 30.9 Å². The molecule has 2 fully saturated rings. The highest BCUT2D eigenvalue weighted by molar-refractivity contribution is 6.62. The molecule has 0 spiro atoms. The maximum atomic E-state index is 13.2. The second kappa shape index (κ2) is 6.52. The molecule has 0 aromatic heterocycles. The lowest BCUT2D eigenvalue weighted by atomic mass is 9.79. The third-order valence-corrected chi connectivity index (χ3v) is 5.31. The second-order valence-corrected chi connectivity index (χ2v) is 7.89. The molecule has 0 atom stereocenters. The number of rotatable bonds is 5. The van der Waals surface area contributed by atoms with Gasteiger partial charge in [0.2, 0.25) is 0 Å². The molecule has 4 nitrogen and oxygen atoms in total. The number of hydrogen-bond acceptors (Lipinski definition) is 4. The first-order valence-corrected chi connectivity index (χ1v) is 8.77. The first kappa shape index (κ1) is 18.6. The zero-order valence-electron chi connectivity index (χ0n) is 15.4. The number of halogens is 2. The van der Waals surface area contributed by atoms with E-state index in [0.717, 1.165) is 5.46 Å². The molecule has 0 bridgehead atoms. The Hall–Kier alpha value is -1.18. The number of nitrogens with zero attached hydrogens (tertiary/aromatic N) is 1. The van der Waals surface area contributed by atoms with Crippen LogP contribution in [0.25, 0.3) is 0 Å². The quantitative estimate of drug-likeness (QED) is 0.762. The number of benzene rings is 1. The molecule has 7 heteroatoms. The van der Waals surface area contributed by atoms with Gasteiger partial charge in [0.25, 0.3) is 5.92 Å². The zero-order chi connectivity index (χ0) is 18.3. The average Bonchev–Trinajstić information content (AvgIpc) is 2.95. The summed E-state index contributed by atoms with van der Waals surface area (Å²) in [4.78, 5) is 1.73. The van der Waals surface area contributed by atoms with Crippen LogP contribution in [0, 0.1) is 0 Å². The van der Waals surface area contributed by atoms with Crippen molar-refractivity contribution in [2.24, 2.45) is 0 Å². The van der Waals surface area contributed by atoms with Gasteiger partial charge in [-0.25, -0.2) is 8.78 Å². The van der Waals surface area contributed by atoms with E-state index < -0.39 is 24.2 Å². The van der Waals surface area contributed by atoms with E-state index in [2.05, 4.69) is 0 Å². The SMILES string of the molecule is CC1(C)OB(c2cccc(OCCN3CCC(F)(F)C3)c2)OC1(C)C. The van der Waals surface area contributed by atoms with Gasteiger partial charge in [-0.1, -0.05) is 12.1 Å². The molecule has 2 saturated heterocycles. The van der Waals surface area contributed by atoms with E-state index in [9.17, 15) is 8.78 Å². The van der Waals surface area contributed by atoms with Crippen molar-refractivity contribution in [2.75, 3.05) is 26.2 Å². The van der Waals surface area contributed by atoms with E-state index in [1.807, 2.05) is 52.0 Å². The standard InChI is InChI=1S/C18H26BF2NO3/c1-16(2)17(3,4)25-19(24-16)14-6-5-7-15(12-14)23-11-10-22-9-8-18(20,21)13-22/h5-7,12H,8-11,13H2,1-4H3. The van der Waals surface area contributed by atoms with Crippen LogP contribution in [0.1, 0.15) is 34.1 Å². The van der Waals surface area contributed by atoms with Crippen LogP contribution in [0.15, 0.2) is 24.3 Å². The van der Waals surface area contributed by atoms with Crippen LogP contribution >= 0.6 is 0 Å². The van der Waals surface area contributed by atoms with E-state index in [-0.39, 0.29) is 13.0 Å². The van der Waals surface area contributed by atoms with Crippen LogP contribution in [0.2, 0.25) is 0 Å². The van der Waals surface area contributed by atoms with Gasteiger partial charge in [0, 0.05) is 19.5 Å². The van der Waals surface area contributed by atoms with Crippen LogP contribution in [0.5, 0.6) is 5.75 Å². The van der Waals surface area contributed by atoms with E-state index in [4.69, 9.17) is 14.0 Å². The molecule has 0 aliphatic carbocycles. The van der Waals surface area contributed by atoms with Crippen molar-refractivity contribution < 1.29 is 22.8 Å². The monoisotopic (exact) mass is 353 g/mol. The van der Waals surface area contributed by atoms with Gasteiger partial charge in [0.15, 0.2) is 0 Å². The minimum Gasteiger partial charge on any atom is -0.492 e. The van der Waals surface area contributed by atoms with Gasteiger partial charge in [-0.2, -0.15) is 0 Å². The van der Waals surface area contributed by atoms with Gasteiger partial charge in [0.05, 0.1) is 17.7 Å². The van der Waals surface area contributed by atoms with Crippen LogP contribution in [0.3, 0.4) is 0 Å². The number of likely N-dealkylation sites (tertiary alicyclic amines) is 1. The lowest BCUT2D eigenvalue weighted by molar-refractivity contribution is 0.00578. The van der Waals surface area contributed by atoms with E-state index in [1.54, 1.807) is 4.90 Å². The summed E-state index contributed by atoms with van der Waals surface area (Å²) in [5.41, 5.74) is 0.106. The van der Waals surface area contributed by atoms with Gasteiger partial charge >= 0.3 is 7.12 Å². The van der Waals surface area contributed by atoms with E-state index >= 15 is 0 Å². The molecule has 2 aliphatic heterocycles. The van der Waals surface area contributed by atoms with E-state index in [0.29, 0.717) is 25.4 Å². The molecule has 25 heavy (non-hydrogen) atoms. The summed E-state index contributed by atoms with van der Waals surface area (Å²) >= 11 is 0. The molecular weight excluding hydrogens is 327 g/mol. The lowest BCUT2D eigenvalue weighted by Crippen LogP contribution is -2.41. The van der Waals surface area contributed by atoms with Gasteiger partial charge < -0.3 is 14.0 Å². The lowest BCUT2D eigenvalue weighted by Gasteiger charge is -2.32. The Morgan fingerprint density at radius 2 is 1.84 bits per heavy atom. The van der Waals surface area contributed by atoms with Gasteiger partial charge in [-0.05, 0) is 45.3 Å². The van der Waals surface area contributed by atoms with Crippen LogP contribution in [-0.4, -0.2) is 55.4 Å². The fraction of sp³-hybridized carbons (Fsp3) is 0.667. The predicted molar refractivity (Wildman–Crippen MR) is 93.7 cm³/mol. The smallest absolute Gasteiger partial charge is 0.492 e. The van der Waals surface area contributed by atoms with Crippen molar-refractivity contribution in [2.45, 2.75) is 51.2 Å². The first-order valence-electron chi connectivity index (χ1n) is 8.77.